The Morgan fingerprint density at radius 1 is 1.38 bits per heavy atom. The number of carbonyl (C=O) groups excluding carboxylic acids is 2. The van der Waals surface area contributed by atoms with E-state index in [1.54, 1.807) is 6.92 Å². The third-order valence-electron chi connectivity index (χ3n) is 4.32. The Kier molecular flexibility index (Phi) is 4.74. The highest BCUT2D eigenvalue weighted by atomic mass is 32.2. The Hall–Kier alpha value is -2.42. The standard InChI is InChI=1S/C17H18FNO6S/c1-9-13-7-11(18)3-4-14(13)25-15(9)17(21)24-10(2)16(20)19-12-5-6-26(22,23)8-12/h3-4,7,10,12H,5-6,8H2,1-2H3,(H,19,20)/t10-,12-/m1/s1. The third kappa shape index (κ3) is 3.72. The van der Waals surface area contributed by atoms with E-state index in [0.717, 1.165) is 0 Å². The number of carbonyl (C=O) groups is 2. The average Bonchev–Trinajstić information content (AvgIpc) is 3.07. The van der Waals surface area contributed by atoms with E-state index in [0.29, 0.717) is 23.0 Å². The quantitative estimate of drug-likeness (QED) is 0.807. The number of nitrogens with one attached hydrogen (secondary N) is 1. The lowest BCUT2D eigenvalue weighted by Gasteiger charge is -2.16. The number of furan rings is 1. The first kappa shape index (κ1) is 18.4. The zero-order valence-electron chi connectivity index (χ0n) is 14.2. The van der Waals surface area contributed by atoms with Gasteiger partial charge >= 0.3 is 5.97 Å². The molecule has 9 heteroatoms. The number of benzene rings is 1. The average molecular weight is 383 g/mol. The number of sulfone groups is 1. The van der Waals surface area contributed by atoms with Gasteiger partial charge in [0.25, 0.3) is 5.91 Å². The highest BCUT2D eigenvalue weighted by molar-refractivity contribution is 7.91. The summed E-state index contributed by atoms with van der Waals surface area (Å²) < 4.78 is 46.7. The van der Waals surface area contributed by atoms with Crippen LogP contribution in [0.15, 0.2) is 22.6 Å². The summed E-state index contributed by atoms with van der Waals surface area (Å²) in [5, 5.41) is 3.01. The first-order valence-electron chi connectivity index (χ1n) is 8.07. The minimum absolute atomic E-state index is 0.0286. The van der Waals surface area contributed by atoms with E-state index in [1.165, 1.54) is 25.1 Å². The lowest BCUT2D eigenvalue weighted by molar-refractivity contribution is -0.129. The SMILES string of the molecule is Cc1c(C(=O)O[C@H](C)C(=O)N[C@@H]2CCS(=O)(=O)C2)oc2ccc(F)cc12. The van der Waals surface area contributed by atoms with E-state index >= 15 is 0 Å². The Morgan fingerprint density at radius 2 is 2.12 bits per heavy atom. The summed E-state index contributed by atoms with van der Waals surface area (Å²) in [6, 6.07) is 3.39. The number of amides is 1. The lowest BCUT2D eigenvalue weighted by Crippen LogP contribution is -2.42. The van der Waals surface area contributed by atoms with Crippen LogP contribution < -0.4 is 5.32 Å². The van der Waals surface area contributed by atoms with Gasteiger partial charge in [-0.2, -0.15) is 0 Å². The van der Waals surface area contributed by atoms with Gasteiger partial charge in [0.05, 0.1) is 11.5 Å². The summed E-state index contributed by atoms with van der Waals surface area (Å²) in [7, 11) is -3.12. The fourth-order valence-corrected chi connectivity index (χ4v) is 4.56. The second-order valence-corrected chi connectivity index (χ2v) is 8.58. The van der Waals surface area contributed by atoms with E-state index < -0.39 is 39.7 Å². The first-order valence-corrected chi connectivity index (χ1v) is 9.89. The molecule has 0 bridgehead atoms. The van der Waals surface area contributed by atoms with Crippen LogP contribution in [0.25, 0.3) is 11.0 Å². The molecule has 1 aliphatic rings. The van der Waals surface area contributed by atoms with E-state index in [4.69, 9.17) is 9.15 Å². The summed E-state index contributed by atoms with van der Waals surface area (Å²) >= 11 is 0. The van der Waals surface area contributed by atoms with Gasteiger partial charge in [-0.1, -0.05) is 0 Å². The van der Waals surface area contributed by atoms with Crippen molar-refractivity contribution in [3.63, 3.8) is 0 Å². The maximum absolute atomic E-state index is 13.3. The second-order valence-electron chi connectivity index (χ2n) is 6.35. The maximum Gasteiger partial charge on any atom is 0.375 e. The number of hydrogen-bond acceptors (Lipinski definition) is 6. The van der Waals surface area contributed by atoms with Crippen LogP contribution in [0.3, 0.4) is 0 Å². The molecule has 1 aromatic carbocycles. The van der Waals surface area contributed by atoms with Gasteiger partial charge in [-0.15, -0.1) is 0 Å². The van der Waals surface area contributed by atoms with Crippen LogP contribution in [0.5, 0.6) is 0 Å². The molecule has 3 rings (SSSR count). The largest absolute Gasteiger partial charge is 0.449 e. The molecule has 2 aromatic rings. The molecule has 1 amide bonds. The topological polar surface area (TPSA) is 103 Å². The molecule has 7 nitrogen and oxygen atoms in total. The summed E-state index contributed by atoms with van der Waals surface area (Å²) in [6.07, 6.45) is -0.793. The van der Waals surface area contributed by atoms with Crippen LogP contribution in [0, 0.1) is 12.7 Å². The Bertz CT molecular complexity index is 981. The molecule has 1 N–H and O–H groups in total. The van der Waals surface area contributed by atoms with Gasteiger partial charge in [-0.05, 0) is 38.5 Å². The van der Waals surface area contributed by atoms with Crippen molar-refractivity contribution in [2.75, 3.05) is 11.5 Å². The zero-order valence-corrected chi connectivity index (χ0v) is 15.1. The Morgan fingerprint density at radius 3 is 2.77 bits per heavy atom. The molecule has 2 heterocycles. The molecule has 2 atom stereocenters. The fraction of sp³-hybridized carbons (Fsp3) is 0.412. The van der Waals surface area contributed by atoms with Gasteiger partial charge in [0.1, 0.15) is 11.4 Å². The van der Waals surface area contributed by atoms with Crippen molar-refractivity contribution >= 4 is 32.7 Å². The molecule has 26 heavy (non-hydrogen) atoms. The Balaban J connectivity index is 1.67. The molecule has 1 aromatic heterocycles. The highest BCUT2D eigenvalue weighted by Gasteiger charge is 2.31. The minimum atomic E-state index is -3.12. The van der Waals surface area contributed by atoms with Crippen LogP contribution in [0.4, 0.5) is 4.39 Å². The van der Waals surface area contributed by atoms with Gasteiger partial charge in [0, 0.05) is 17.0 Å². The fourth-order valence-electron chi connectivity index (χ4n) is 2.88. The number of esters is 1. The molecule has 0 aliphatic carbocycles. The number of ether oxygens (including phenoxy) is 1. The van der Waals surface area contributed by atoms with Crippen molar-refractivity contribution in [3.05, 3.63) is 35.3 Å². The van der Waals surface area contributed by atoms with Crippen molar-refractivity contribution in [1.82, 2.24) is 5.32 Å². The van der Waals surface area contributed by atoms with Gasteiger partial charge in [0.2, 0.25) is 5.76 Å². The molecular weight excluding hydrogens is 365 g/mol. The van der Waals surface area contributed by atoms with Gasteiger partial charge < -0.3 is 14.5 Å². The smallest absolute Gasteiger partial charge is 0.375 e. The molecule has 0 saturated carbocycles. The normalized spacial score (nSPS) is 20.0. The van der Waals surface area contributed by atoms with Crippen molar-refractivity contribution in [1.29, 1.82) is 0 Å². The number of rotatable bonds is 4. The molecule has 1 saturated heterocycles. The van der Waals surface area contributed by atoms with Crippen LogP contribution in [-0.4, -0.2) is 43.9 Å². The zero-order chi connectivity index (χ0) is 19.1. The van der Waals surface area contributed by atoms with E-state index in [9.17, 15) is 22.4 Å². The number of hydrogen-bond donors (Lipinski definition) is 1. The van der Waals surface area contributed by atoms with Gasteiger partial charge in [0.15, 0.2) is 15.9 Å². The molecule has 0 spiro atoms. The maximum atomic E-state index is 13.3. The Labute approximate surface area is 149 Å². The van der Waals surface area contributed by atoms with Crippen LogP contribution in [0.1, 0.15) is 29.5 Å². The summed E-state index contributed by atoms with van der Waals surface area (Å²) in [6.45, 7) is 2.98. The van der Waals surface area contributed by atoms with Crippen molar-refractivity contribution in [2.45, 2.75) is 32.4 Å². The van der Waals surface area contributed by atoms with Crippen LogP contribution in [-0.2, 0) is 19.4 Å². The second kappa shape index (κ2) is 6.71. The highest BCUT2D eigenvalue weighted by Crippen LogP contribution is 2.26. The third-order valence-corrected chi connectivity index (χ3v) is 6.08. The number of halogens is 1. The van der Waals surface area contributed by atoms with E-state index in [-0.39, 0.29) is 17.3 Å². The predicted octanol–water partition coefficient (Wildman–Crippen LogP) is 1.73. The molecule has 1 aliphatic heterocycles. The summed E-state index contributed by atoms with van der Waals surface area (Å²) in [5.41, 5.74) is 0.753. The van der Waals surface area contributed by atoms with Gasteiger partial charge in [-0.3, -0.25) is 4.79 Å². The number of aryl methyl sites for hydroxylation is 1. The summed E-state index contributed by atoms with van der Waals surface area (Å²) in [5.74, 6) is -2.08. The number of fused-ring (bicyclic) bond motifs is 1. The molecule has 0 radical (unpaired) electrons. The minimum Gasteiger partial charge on any atom is -0.449 e. The molecular formula is C17H18FNO6S. The lowest BCUT2D eigenvalue weighted by atomic mass is 10.1. The molecule has 1 fully saturated rings. The van der Waals surface area contributed by atoms with E-state index in [2.05, 4.69) is 5.32 Å². The van der Waals surface area contributed by atoms with Crippen molar-refractivity contribution in [2.24, 2.45) is 0 Å². The first-order chi connectivity index (χ1) is 12.2. The monoisotopic (exact) mass is 383 g/mol. The predicted molar refractivity (Wildman–Crippen MR) is 91.0 cm³/mol. The summed E-state index contributed by atoms with van der Waals surface area (Å²) in [4.78, 5) is 24.4. The van der Waals surface area contributed by atoms with Gasteiger partial charge in [-0.25, -0.2) is 17.6 Å². The van der Waals surface area contributed by atoms with Crippen molar-refractivity contribution < 1.29 is 31.6 Å². The molecule has 0 unspecified atom stereocenters. The molecule has 140 valence electrons. The van der Waals surface area contributed by atoms with Crippen LogP contribution in [0.2, 0.25) is 0 Å². The van der Waals surface area contributed by atoms with Crippen molar-refractivity contribution in [3.8, 4) is 0 Å². The van der Waals surface area contributed by atoms with E-state index in [1.807, 2.05) is 0 Å². The van der Waals surface area contributed by atoms with Crippen LogP contribution >= 0.6 is 0 Å².